The molecule has 5 nitrogen and oxygen atoms in total. The van der Waals surface area contributed by atoms with Gasteiger partial charge in [-0.05, 0) is 48.7 Å². The molecule has 0 saturated carbocycles. The van der Waals surface area contributed by atoms with E-state index in [1.807, 2.05) is 25.1 Å². The third-order valence-corrected chi connectivity index (χ3v) is 4.10. The minimum absolute atomic E-state index is 0.00291. The Morgan fingerprint density at radius 1 is 1.19 bits per heavy atom. The SMILES string of the molecule is CCOc1ccc2c(c1)CN(C(=O)Nc1cccc(OC(F)F)c1)CC2. The van der Waals surface area contributed by atoms with E-state index in [0.717, 1.165) is 17.7 Å². The number of urea groups is 1. The molecule has 0 aromatic heterocycles. The van der Waals surface area contributed by atoms with Crippen molar-refractivity contribution in [3.8, 4) is 11.5 Å². The number of hydrogen-bond donors (Lipinski definition) is 1. The Bertz CT molecular complexity index is 783. The van der Waals surface area contributed by atoms with Gasteiger partial charge in [0.05, 0.1) is 6.61 Å². The summed E-state index contributed by atoms with van der Waals surface area (Å²) in [5, 5.41) is 2.73. The van der Waals surface area contributed by atoms with Gasteiger partial charge in [-0.15, -0.1) is 0 Å². The molecule has 0 aliphatic carbocycles. The summed E-state index contributed by atoms with van der Waals surface area (Å²) in [5.41, 5.74) is 2.65. The molecule has 0 fully saturated rings. The van der Waals surface area contributed by atoms with E-state index in [1.54, 1.807) is 17.0 Å². The van der Waals surface area contributed by atoms with Gasteiger partial charge in [-0.3, -0.25) is 0 Å². The summed E-state index contributed by atoms with van der Waals surface area (Å²) >= 11 is 0. The van der Waals surface area contributed by atoms with Gasteiger partial charge in [0.2, 0.25) is 0 Å². The average Bonchev–Trinajstić information content (AvgIpc) is 2.61. The van der Waals surface area contributed by atoms with Gasteiger partial charge in [-0.2, -0.15) is 8.78 Å². The standard InChI is InChI=1S/C19H20F2N2O3/c1-2-25-16-7-6-13-8-9-23(12-14(13)10-16)19(24)22-15-4-3-5-17(11-15)26-18(20)21/h3-7,10-11,18H,2,8-9,12H2,1H3,(H,22,24). The molecule has 2 aromatic rings. The number of anilines is 1. The van der Waals surface area contributed by atoms with Crippen molar-refractivity contribution in [2.75, 3.05) is 18.5 Å². The number of hydrogen-bond acceptors (Lipinski definition) is 3. The molecule has 7 heteroatoms. The van der Waals surface area contributed by atoms with Crippen LogP contribution in [0.25, 0.3) is 0 Å². The van der Waals surface area contributed by atoms with Crippen LogP contribution in [0, 0.1) is 0 Å². The van der Waals surface area contributed by atoms with E-state index in [4.69, 9.17) is 4.74 Å². The highest BCUT2D eigenvalue weighted by atomic mass is 19.3. The Morgan fingerprint density at radius 3 is 2.81 bits per heavy atom. The fraction of sp³-hybridized carbons (Fsp3) is 0.316. The number of carbonyl (C=O) groups excluding carboxylic acids is 1. The van der Waals surface area contributed by atoms with Crippen LogP contribution in [0.3, 0.4) is 0 Å². The minimum atomic E-state index is -2.90. The third-order valence-electron chi connectivity index (χ3n) is 4.10. The summed E-state index contributed by atoms with van der Waals surface area (Å²) in [5.74, 6) is 0.786. The quantitative estimate of drug-likeness (QED) is 0.864. The van der Waals surface area contributed by atoms with Crippen LogP contribution in [-0.2, 0) is 13.0 Å². The van der Waals surface area contributed by atoms with Crippen molar-refractivity contribution in [1.29, 1.82) is 0 Å². The second kappa shape index (κ2) is 8.03. The Morgan fingerprint density at radius 2 is 2.04 bits per heavy atom. The van der Waals surface area contributed by atoms with Gasteiger partial charge >= 0.3 is 12.6 Å². The van der Waals surface area contributed by atoms with E-state index in [2.05, 4.69) is 10.1 Å². The number of benzene rings is 2. The Balaban J connectivity index is 1.67. The smallest absolute Gasteiger partial charge is 0.387 e. The van der Waals surface area contributed by atoms with Crippen molar-refractivity contribution in [2.45, 2.75) is 26.5 Å². The molecule has 1 aliphatic rings. The van der Waals surface area contributed by atoms with Crippen molar-refractivity contribution in [2.24, 2.45) is 0 Å². The first-order valence-electron chi connectivity index (χ1n) is 8.40. The summed E-state index contributed by atoms with van der Waals surface area (Å²) in [7, 11) is 0. The molecule has 2 aromatic carbocycles. The molecule has 1 heterocycles. The molecule has 26 heavy (non-hydrogen) atoms. The highest BCUT2D eigenvalue weighted by molar-refractivity contribution is 5.89. The molecule has 1 N–H and O–H groups in total. The second-order valence-corrected chi connectivity index (χ2v) is 5.87. The number of alkyl halides is 2. The van der Waals surface area contributed by atoms with Crippen molar-refractivity contribution in [3.05, 3.63) is 53.6 Å². The lowest BCUT2D eigenvalue weighted by molar-refractivity contribution is -0.0497. The predicted molar refractivity (Wildman–Crippen MR) is 93.8 cm³/mol. The first-order chi connectivity index (χ1) is 12.5. The summed E-state index contributed by atoms with van der Waals surface area (Å²) in [4.78, 5) is 14.2. The number of nitrogens with zero attached hydrogens (tertiary/aromatic N) is 1. The molecule has 1 aliphatic heterocycles. The Labute approximate surface area is 150 Å². The van der Waals surface area contributed by atoms with Crippen LogP contribution in [0.2, 0.25) is 0 Å². The largest absolute Gasteiger partial charge is 0.494 e. The maximum atomic E-state index is 12.5. The van der Waals surface area contributed by atoms with Crippen LogP contribution >= 0.6 is 0 Å². The third kappa shape index (κ3) is 4.41. The molecule has 0 saturated heterocycles. The monoisotopic (exact) mass is 362 g/mol. The van der Waals surface area contributed by atoms with Gasteiger partial charge in [-0.25, -0.2) is 4.79 Å². The lowest BCUT2D eigenvalue weighted by Crippen LogP contribution is -2.38. The average molecular weight is 362 g/mol. The maximum absolute atomic E-state index is 12.5. The first-order valence-corrected chi connectivity index (χ1v) is 8.40. The first kappa shape index (κ1) is 18.0. The number of fused-ring (bicyclic) bond motifs is 1. The van der Waals surface area contributed by atoms with E-state index in [1.165, 1.54) is 17.7 Å². The Hall–Kier alpha value is -2.83. The molecule has 2 amide bonds. The van der Waals surface area contributed by atoms with Gasteiger partial charge in [0.15, 0.2) is 0 Å². The molecule has 3 rings (SSSR count). The molecule has 0 spiro atoms. The molecule has 0 radical (unpaired) electrons. The molecule has 0 unspecified atom stereocenters. The number of carbonyl (C=O) groups is 1. The Kier molecular flexibility index (Phi) is 5.55. The van der Waals surface area contributed by atoms with E-state index in [9.17, 15) is 13.6 Å². The molecular weight excluding hydrogens is 342 g/mol. The maximum Gasteiger partial charge on any atom is 0.387 e. The molecule has 138 valence electrons. The van der Waals surface area contributed by atoms with Crippen molar-refractivity contribution < 1.29 is 23.0 Å². The number of rotatable bonds is 5. The van der Waals surface area contributed by atoms with Crippen LogP contribution in [0.1, 0.15) is 18.1 Å². The summed E-state index contributed by atoms with van der Waals surface area (Å²) in [6.45, 7) is 0.652. The zero-order valence-electron chi connectivity index (χ0n) is 14.4. The van der Waals surface area contributed by atoms with Gasteiger partial charge in [0.25, 0.3) is 0 Å². The van der Waals surface area contributed by atoms with E-state index in [0.29, 0.717) is 25.4 Å². The number of amides is 2. The van der Waals surface area contributed by atoms with Gasteiger partial charge in [0, 0.05) is 24.8 Å². The van der Waals surface area contributed by atoms with E-state index >= 15 is 0 Å². The van der Waals surface area contributed by atoms with Gasteiger partial charge in [0.1, 0.15) is 11.5 Å². The van der Waals surface area contributed by atoms with Gasteiger partial charge in [-0.1, -0.05) is 12.1 Å². The summed E-state index contributed by atoms with van der Waals surface area (Å²) < 4.78 is 34.5. The van der Waals surface area contributed by atoms with Crippen molar-refractivity contribution in [1.82, 2.24) is 4.90 Å². The summed E-state index contributed by atoms with van der Waals surface area (Å²) in [6, 6.07) is 11.6. The van der Waals surface area contributed by atoms with Crippen molar-refractivity contribution >= 4 is 11.7 Å². The zero-order valence-corrected chi connectivity index (χ0v) is 14.4. The molecular formula is C19H20F2N2O3. The van der Waals surface area contributed by atoms with Crippen LogP contribution in [0.15, 0.2) is 42.5 Å². The fourth-order valence-corrected chi connectivity index (χ4v) is 2.92. The van der Waals surface area contributed by atoms with Crippen LogP contribution in [0.4, 0.5) is 19.3 Å². The minimum Gasteiger partial charge on any atom is -0.494 e. The molecule has 0 bridgehead atoms. The van der Waals surface area contributed by atoms with Gasteiger partial charge < -0.3 is 19.7 Å². The lowest BCUT2D eigenvalue weighted by atomic mass is 10.00. The second-order valence-electron chi connectivity index (χ2n) is 5.87. The number of nitrogens with one attached hydrogen (secondary N) is 1. The number of ether oxygens (including phenoxy) is 2. The fourth-order valence-electron chi connectivity index (χ4n) is 2.92. The van der Waals surface area contributed by atoms with E-state index in [-0.39, 0.29) is 11.8 Å². The highest BCUT2D eigenvalue weighted by Gasteiger charge is 2.21. The predicted octanol–water partition coefficient (Wildman–Crippen LogP) is 4.28. The molecule has 0 atom stereocenters. The summed E-state index contributed by atoms with van der Waals surface area (Å²) in [6.07, 6.45) is 0.754. The van der Waals surface area contributed by atoms with Crippen LogP contribution < -0.4 is 14.8 Å². The van der Waals surface area contributed by atoms with Crippen LogP contribution in [-0.4, -0.2) is 30.7 Å². The zero-order chi connectivity index (χ0) is 18.5. The lowest BCUT2D eigenvalue weighted by Gasteiger charge is -2.29. The normalized spacial score (nSPS) is 13.3. The topological polar surface area (TPSA) is 50.8 Å². The highest BCUT2D eigenvalue weighted by Crippen LogP contribution is 2.25. The van der Waals surface area contributed by atoms with Crippen LogP contribution in [0.5, 0.6) is 11.5 Å². The van der Waals surface area contributed by atoms with E-state index < -0.39 is 6.61 Å². The number of halogens is 2. The van der Waals surface area contributed by atoms with Crippen molar-refractivity contribution in [3.63, 3.8) is 0 Å².